The molecule has 1 amide bonds. The van der Waals surface area contributed by atoms with Gasteiger partial charge in [0, 0.05) is 0 Å². The van der Waals surface area contributed by atoms with Crippen LogP contribution < -0.4 is 10.1 Å². The van der Waals surface area contributed by atoms with Crippen molar-refractivity contribution >= 4 is 35.2 Å². The fraction of sp³-hybridized carbons (Fsp3) is 0.308. The van der Waals surface area contributed by atoms with Crippen LogP contribution in [0.2, 0.25) is 5.02 Å². The van der Waals surface area contributed by atoms with Gasteiger partial charge in [0.15, 0.2) is 0 Å². The molecule has 0 aliphatic heterocycles. The second-order valence-electron chi connectivity index (χ2n) is 3.98. The van der Waals surface area contributed by atoms with Crippen LogP contribution in [0.4, 0.5) is 5.95 Å². The van der Waals surface area contributed by atoms with Crippen LogP contribution in [-0.2, 0) is 4.79 Å². The maximum absolute atomic E-state index is 11.7. The van der Waals surface area contributed by atoms with Crippen LogP contribution in [0.15, 0.2) is 29.4 Å². The number of carbonyl (C=O) groups is 1. The number of ether oxygens (including phenoxy) is 1. The summed E-state index contributed by atoms with van der Waals surface area (Å²) in [5.74, 6) is 1.57. The SMILES string of the molecule is CCSc1n[nH]c(NC(=O)CCOc2ccccc2Cl)n1. The Labute approximate surface area is 131 Å². The van der Waals surface area contributed by atoms with Crippen molar-refractivity contribution in [3.05, 3.63) is 29.3 Å². The van der Waals surface area contributed by atoms with Crippen LogP contribution in [0.1, 0.15) is 13.3 Å². The number of aromatic amines is 1. The normalized spacial score (nSPS) is 10.4. The molecule has 0 atom stereocenters. The van der Waals surface area contributed by atoms with Gasteiger partial charge in [-0.1, -0.05) is 42.4 Å². The van der Waals surface area contributed by atoms with Gasteiger partial charge in [-0.2, -0.15) is 4.98 Å². The molecular weight excluding hydrogens is 312 g/mol. The van der Waals surface area contributed by atoms with E-state index in [9.17, 15) is 4.79 Å². The molecule has 0 saturated heterocycles. The molecule has 2 aromatic rings. The molecule has 0 fully saturated rings. The standard InChI is InChI=1S/C13H15ClN4O2S/c1-2-21-13-16-12(17-18-13)15-11(19)7-8-20-10-6-4-3-5-9(10)14/h3-6H,2,7-8H2,1H3,(H2,15,16,17,18,19). The first-order chi connectivity index (χ1) is 10.2. The Kier molecular flexibility index (Phi) is 5.89. The molecule has 1 heterocycles. The average Bonchev–Trinajstić information content (AvgIpc) is 2.88. The van der Waals surface area contributed by atoms with Crippen molar-refractivity contribution in [2.45, 2.75) is 18.5 Å². The predicted molar refractivity (Wildman–Crippen MR) is 83.0 cm³/mol. The monoisotopic (exact) mass is 326 g/mol. The topological polar surface area (TPSA) is 79.9 Å². The Balaban J connectivity index is 1.75. The third-order valence-electron chi connectivity index (χ3n) is 2.42. The fourth-order valence-electron chi connectivity index (χ4n) is 1.51. The van der Waals surface area contributed by atoms with Gasteiger partial charge in [-0.15, -0.1) is 5.10 Å². The first kappa shape index (κ1) is 15.7. The van der Waals surface area contributed by atoms with Gasteiger partial charge in [0.25, 0.3) is 0 Å². The second-order valence-corrected chi connectivity index (χ2v) is 5.62. The number of anilines is 1. The van der Waals surface area contributed by atoms with E-state index in [1.165, 1.54) is 11.8 Å². The van der Waals surface area contributed by atoms with Crippen molar-refractivity contribution in [1.82, 2.24) is 15.2 Å². The molecule has 112 valence electrons. The van der Waals surface area contributed by atoms with E-state index in [1.54, 1.807) is 12.1 Å². The van der Waals surface area contributed by atoms with Crippen molar-refractivity contribution in [2.75, 3.05) is 17.7 Å². The van der Waals surface area contributed by atoms with Gasteiger partial charge in [-0.05, 0) is 17.9 Å². The average molecular weight is 327 g/mol. The number of hydrogen-bond donors (Lipinski definition) is 2. The number of nitrogens with zero attached hydrogens (tertiary/aromatic N) is 2. The summed E-state index contributed by atoms with van der Waals surface area (Å²) in [5, 5.41) is 10.4. The van der Waals surface area contributed by atoms with Crippen molar-refractivity contribution in [1.29, 1.82) is 0 Å². The number of amides is 1. The molecule has 2 N–H and O–H groups in total. The molecule has 8 heteroatoms. The highest BCUT2D eigenvalue weighted by Gasteiger charge is 2.08. The molecule has 2 rings (SSSR count). The number of hydrogen-bond acceptors (Lipinski definition) is 5. The Bertz CT molecular complexity index is 605. The molecule has 0 radical (unpaired) electrons. The highest BCUT2D eigenvalue weighted by molar-refractivity contribution is 7.99. The van der Waals surface area contributed by atoms with E-state index in [2.05, 4.69) is 20.5 Å². The molecular formula is C13H15ClN4O2S. The minimum atomic E-state index is -0.203. The summed E-state index contributed by atoms with van der Waals surface area (Å²) in [4.78, 5) is 15.9. The number of H-pyrrole nitrogens is 1. The highest BCUT2D eigenvalue weighted by atomic mass is 35.5. The van der Waals surface area contributed by atoms with Gasteiger partial charge in [0.2, 0.25) is 17.0 Å². The van der Waals surface area contributed by atoms with E-state index < -0.39 is 0 Å². The quantitative estimate of drug-likeness (QED) is 0.765. The van der Waals surface area contributed by atoms with Gasteiger partial charge in [0.05, 0.1) is 18.1 Å². The third kappa shape index (κ3) is 4.95. The van der Waals surface area contributed by atoms with Gasteiger partial charge in [-0.25, -0.2) is 5.10 Å². The van der Waals surface area contributed by atoms with Gasteiger partial charge < -0.3 is 4.74 Å². The van der Waals surface area contributed by atoms with Crippen molar-refractivity contribution in [3.8, 4) is 5.75 Å². The smallest absolute Gasteiger partial charge is 0.230 e. The zero-order valence-electron chi connectivity index (χ0n) is 11.4. The van der Waals surface area contributed by atoms with Gasteiger partial charge >= 0.3 is 0 Å². The summed E-state index contributed by atoms with van der Waals surface area (Å²) in [6.07, 6.45) is 0.197. The lowest BCUT2D eigenvalue weighted by molar-refractivity contribution is -0.116. The maximum Gasteiger partial charge on any atom is 0.230 e. The molecule has 0 aliphatic rings. The number of carbonyl (C=O) groups excluding carboxylic acids is 1. The first-order valence-electron chi connectivity index (χ1n) is 6.41. The number of thioether (sulfide) groups is 1. The van der Waals surface area contributed by atoms with E-state index in [-0.39, 0.29) is 18.9 Å². The van der Waals surface area contributed by atoms with Crippen LogP contribution in [0.3, 0.4) is 0 Å². The summed E-state index contributed by atoms with van der Waals surface area (Å²) < 4.78 is 5.45. The zero-order valence-corrected chi connectivity index (χ0v) is 13.0. The molecule has 1 aromatic carbocycles. The van der Waals surface area contributed by atoms with E-state index >= 15 is 0 Å². The molecule has 0 spiro atoms. The molecule has 21 heavy (non-hydrogen) atoms. The maximum atomic E-state index is 11.7. The number of rotatable bonds is 7. The lowest BCUT2D eigenvalue weighted by Crippen LogP contribution is -2.16. The summed E-state index contributed by atoms with van der Waals surface area (Å²) >= 11 is 7.45. The number of halogens is 1. The van der Waals surface area contributed by atoms with Crippen LogP contribution in [0, 0.1) is 0 Å². The Morgan fingerprint density at radius 1 is 1.48 bits per heavy atom. The molecule has 0 bridgehead atoms. The van der Waals surface area contributed by atoms with E-state index in [0.717, 1.165) is 5.75 Å². The lowest BCUT2D eigenvalue weighted by Gasteiger charge is -2.07. The summed E-state index contributed by atoms with van der Waals surface area (Å²) in [6, 6.07) is 7.13. The minimum Gasteiger partial charge on any atom is -0.491 e. The lowest BCUT2D eigenvalue weighted by atomic mass is 10.3. The van der Waals surface area contributed by atoms with Crippen LogP contribution >= 0.6 is 23.4 Å². The first-order valence-corrected chi connectivity index (χ1v) is 7.77. The molecule has 0 saturated carbocycles. The Morgan fingerprint density at radius 3 is 3.05 bits per heavy atom. The van der Waals surface area contributed by atoms with E-state index in [4.69, 9.17) is 16.3 Å². The van der Waals surface area contributed by atoms with Gasteiger partial charge in [-0.3, -0.25) is 10.1 Å². The Hall–Kier alpha value is -1.73. The predicted octanol–water partition coefficient (Wildman–Crippen LogP) is 2.98. The molecule has 1 aromatic heterocycles. The van der Waals surface area contributed by atoms with Crippen LogP contribution in [0.5, 0.6) is 5.75 Å². The van der Waals surface area contributed by atoms with Crippen molar-refractivity contribution in [2.24, 2.45) is 0 Å². The summed E-state index contributed by atoms with van der Waals surface area (Å²) in [6.45, 7) is 2.24. The van der Waals surface area contributed by atoms with Crippen LogP contribution in [0.25, 0.3) is 0 Å². The number of nitrogens with one attached hydrogen (secondary N) is 2. The van der Waals surface area contributed by atoms with E-state index in [1.807, 2.05) is 19.1 Å². The second kappa shape index (κ2) is 7.90. The highest BCUT2D eigenvalue weighted by Crippen LogP contribution is 2.23. The third-order valence-corrected chi connectivity index (χ3v) is 3.46. The number of aromatic nitrogens is 3. The minimum absolute atomic E-state index is 0.197. The largest absolute Gasteiger partial charge is 0.491 e. The van der Waals surface area contributed by atoms with Crippen LogP contribution in [-0.4, -0.2) is 33.4 Å². The van der Waals surface area contributed by atoms with Gasteiger partial charge in [0.1, 0.15) is 5.75 Å². The fourth-order valence-corrected chi connectivity index (χ4v) is 2.22. The van der Waals surface area contributed by atoms with E-state index in [0.29, 0.717) is 21.9 Å². The van der Waals surface area contributed by atoms with Crippen molar-refractivity contribution in [3.63, 3.8) is 0 Å². The number of para-hydroxylation sites is 1. The zero-order chi connectivity index (χ0) is 15.1. The molecule has 0 aliphatic carbocycles. The Morgan fingerprint density at radius 2 is 2.29 bits per heavy atom. The van der Waals surface area contributed by atoms with Crippen molar-refractivity contribution < 1.29 is 9.53 Å². The summed E-state index contributed by atoms with van der Waals surface area (Å²) in [5.41, 5.74) is 0. The molecule has 6 nitrogen and oxygen atoms in total. The molecule has 0 unspecified atom stereocenters. The summed E-state index contributed by atoms with van der Waals surface area (Å²) in [7, 11) is 0. The number of benzene rings is 1.